The largest absolute Gasteiger partial charge is 0.477 e. The van der Waals surface area contributed by atoms with Gasteiger partial charge in [-0.25, -0.2) is 4.79 Å². The van der Waals surface area contributed by atoms with Gasteiger partial charge in [0, 0.05) is 16.1 Å². The first-order valence-corrected chi connectivity index (χ1v) is 8.59. The molecule has 27 heavy (non-hydrogen) atoms. The highest BCUT2D eigenvalue weighted by atomic mass is 35.5. The van der Waals surface area contributed by atoms with Crippen LogP contribution in [-0.4, -0.2) is 17.0 Å². The highest BCUT2D eigenvalue weighted by molar-refractivity contribution is 6.33. The van der Waals surface area contributed by atoms with Gasteiger partial charge in [-0.2, -0.15) is 0 Å². The predicted molar refractivity (Wildman–Crippen MR) is 106 cm³/mol. The molecule has 0 aliphatic rings. The summed E-state index contributed by atoms with van der Waals surface area (Å²) in [7, 11) is 0. The van der Waals surface area contributed by atoms with Crippen molar-refractivity contribution in [3.05, 3.63) is 101 Å². The van der Waals surface area contributed by atoms with Crippen LogP contribution in [0.25, 0.3) is 17.2 Å². The average Bonchev–Trinajstić information content (AvgIpc) is 2.68. The van der Waals surface area contributed by atoms with Crippen molar-refractivity contribution in [1.29, 1.82) is 0 Å². The Labute approximate surface area is 161 Å². The van der Waals surface area contributed by atoms with E-state index in [-0.39, 0.29) is 5.70 Å². The van der Waals surface area contributed by atoms with Crippen molar-refractivity contribution in [2.45, 2.75) is 0 Å². The molecule has 0 atom stereocenters. The number of carboxylic acid groups (broad SMARTS) is 1. The summed E-state index contributed by atoms with van der Waals surface area (Å²) in [6.45, 7) is 0. The number of benzene rings is 3. The molecule has 0 aromatic heterocycles. The van der Waals surface area contributed by atoms with Gasteiger partial charge in [-0.3, -0.25) is 4.79 Å². The molecule has 0 saturated heterocycles. The van der Waals surface area contributed by atoms with Gasteiger partial charge in [-0.05, 0) is 41.5 Å². The maximum absolute atomic E-state index is 12.3. The molecular formula is C22H16ClNO3. The van der Waals surface area contributed by atoms with Gasteiger partial charge in [-0.15, -0.1) is 0 Å². The van der Waals surface area contributed by atoms with E-state index in [9.17, 15) is 14.7 Å². The van der Waals surface area contributed by atoms with Gasteiger partial charge < -0.3 is 10.4 Å². The second kappa shape index (κ2) is 8.34. The average molecular weight is 378 g/mol. The monoisotopic (exact) mass is 377 g/mol. The summed E-state index contributed by atoms with van der Waals surface area (Å²) in [6.07, 6.45) is 1.42. The lowest BCUT2D eigenvalue weighted by Gasteiger charge is -2.08. The molecule has 0 fully saturated rings. The molecule has 0 spiro atoms. The van der Waals surface area contributed by atoms with E-state index in [1.165, 1.54) is 6.08 Å². The minimum Gasteiger partial charge on any atom is -0.477 e. The van der Waals surface area contributed by atoms with Crippen molar-refractivity contribution in [3.63, 3.8) is 0 Å². The summed E-state index contributed by atoms with van der Waals surface area (Å²) in [4.78, 5) is 23.8. The highest BCUT2D eigenvalue weighted by Gasteiger charge is 2.13. The fourth-order valence-corrected chi connectivity index (χ4v) is 2.84. The van der Waals surface area contributed by atoms with Gasteiger partial charge in [0.15, 0.2) is 0 Å². The van der Waals surface area contributed by atoms with Crippen LogP contribution in [0.15, 0.2) is 84.6 Å². The van der Waals surface area contributed by atoms with Crippen LogP contribution in [0.1, 0.15) is 15.9 Å². The molecule has 3 rings (SSSR count). The Morgan fingerprint density at radius 1 is 0.889 bits per heavy atom. The van der Waals surface area contributed by atoms with Crippen molar-refractivity contribution in [3.8, 4) is 11.1 Å². The highest BCUT2D eigenvalue weighted by Crippen LogP contribution is 2.28. The number of carbonyl (C=O) groups excluding carboxylic acids is 1. The van der Waals surface area contributed by atoms with E-state index in [4.69, 9.17) is 11.6 Å². The molecule has 0 aliphatic heterocycles. The van der Waals surface area contributed by atoms with Gasteiger partial charge in [0.25, 0.3) is 5.91 Å². The zero-order chi connectivity index (χ0) is 19.2. The maximum atomic E-state index is 12.3. The molecule has 1 amide bonds. The minimum absolute atomic E-state index is 0.208. The zero-order valence-electron chi connectivity index (χ0n) is 14.2. The summed E-state index contributed by atoms with van der Waals surface area (Å²) in [5.74, 6) is -1.70. The molecule has 0 bridgehead atoms. The summed E-state index contributed by atoms with van der Waals surface area (Å²) >= 11 is 6.24. The summed E-state index contributed by atoms with van der Waals surface area (Å²) in [5, 5.41) is 12.5. The van der Waals surface area contributed by atoms with Crippen LogP contribution >= 0.6 is 11.6 Å². The van der Waals surface area contributed by atoms with Crippen LogP contribution < -0.4 is 5.32 Å². The van der Waals surface area contributed by atoms with Gasteiger partial charge in [-0.1, -0.05) is 66.2 Å². The normalized spacial score (nSPS) is 11.1. The summed E-state index contributed by atoms with van der Waals surface area (Å²) in [5.41, 5.74) is 2.51. The molecule has 0 aliphatic carbocycles. The third-order valence-electron chi connectivity index (χ3n) is 3.90. The Kier molecular flexibility index (Phi) is 5.69. The first kappa shape index (κ1) is 18.4. The van der Waals surface area contributed by atoms with Crippen molar-refractivity contribution >= 4 is 29.6 Å². The predicted octanol–water partition coefficient (Wildman–Crippen LogP) is 4.86. The zero-order valence-corrected chi connectivity index (χ0v) is 15.0. The van der Waals surface area contributed by atoms with E-state index in [1.807, 2.05) is 36.4 Å². The van der Waals surface area contributed by atoms with Crippen LogP contribution in [0.3, 0.4) is 0 Å². The SMILES string of the molecule is O=C(O)/C(=C/c1cccc(-c2ccccc2Cl)c1)NC(=O)c1ccccc1. The van der Waals surface area contributed by atoms with E-state index in [1.54, 1.807) is 42.5 Å². The number of hydrogen-bond acceptors (Lipinski definition) is 2. The second-order valence-electron chi connectivity index (χ2n) is 5.79. The molecule has 3 aromatic rings. The van der Waals surface area contributed by atoms with Gasteiger partial charge >= 0.3 is 5.97 Å². The molecule has 2 N–H and O–H groups in total. The number of nitrogens with one attached hydrogen (secondary N) is 1. The smallest absolute Gasteiger partial charge is 0.352 e. The van der Waals surface area contributed by atoms with Crippen LogP contribution in [-0.2, 0) is 4.79 Å². The summed E-state index contributed by atoms with van der Waals surface area (Å²) in [6, 6.07) is 23.1. The van der Waals surface area contributed by atoms with E-state index in [0.717, 1.165) is 11.1 Å². The minimum atomic E-state index is -1.22. The molecule has 3 aromatic carbocycles. The molecule has 5 heteroatoms. The lowest BCUT2D eigenvalue weighted by Crippen LogP contribution is -2.27. The fraction of sp³-hybridized carbons (Fsp3) is 0. The lowest BCUT2D eigenvalue weighted by atomic mass is 10.0. The van der Waals surface area contributed by atoms with Crippen molar-refractivity contribution in [2.24, 2.45) is 0 Å². The molecule has 134 valence electrons. The Hall–Kier alpha value is -3.37. The lowest BCUT2D eigenvalue weighted by molar-refractivity contribution is -0.132. The second-order valence-corrected chi connectivity index (χ2v) is 6.20. The van der Waals surface area contributed by atoms with Crippen molar-refractivity contribution in [2.75, 3.05) is 0 Å². The molecule has 4 nitrogen and oxygen atoms in total. The molecular weight excluding hydrogens is 362 g/mol. The number of rotatable bonds is 5. The topological polar surface area (TPSA) is 66.4 Å². The number of halogens is 1. The number of carbonyl (C=O) groups is 2. The van der Waals surface area contributed by atoms with E-state index in [0.29, 0.717) is 16.1 Å². The number of hydrogen-bond donors (Lipinski definition) is 2. The van der Waals surface area contributed by atoms with Crippen molar-refractivity contribution in [1.82, 2.24) is 5.32 Å². The van der Waals surface area contributed by atoms with E-state index in [2.05, 4.69) is 5.32 Å². The Morgan fingerprint density at radius 2 is 1.59 bits per heavy atom. The van der Waals surface area contributed by atoms with Crippen molar-refractivity contribution < 1.29 is 14.7 Å². The molecule has 0 radical (unpaired) electrons. The van der Waals surface area contributed by atoms with E-state index >= 15 is 0 Å². The van der Waals surface area contributed by atoms with Gasteiger partial charge in [0.2, 0.25) is 0 Å². The number of carboxylic acids is 1. The first-order valence-electron chi connectivity index (χ1n) is 8.21. The quantitative estimate of drug-likeness (QED) is 0.624. The van der Waals surface area contributed by atoms with Crippen LogP contribution in [0.4, 0.5) is 0 Å². The fourth-order valence-electron chi connectivity index (χ4n) is 2.59. The molecule has 0 unspecified atom stereocenters. The molecule has 0 saturated carbocycles. The van der Waals surface area contributed by atoms with Gasteiger partial charge in [0.1, 0.15) is 5.70 Å². The Morgan fingerprint density at radius 3 is 2.30 bits per heavy atom. The van der Waals surface area contributed by atoms with Gasteiger partial charge in [0.05, 0.1) is 0 Å². The van der Waals surface area contributed by atoms with Crippen LogP contribution in [0.5, 0.6) is 0 Å². The third-order valence-corrected chi connectivity index (χ3v) is 4.23. The maximum Gasteiger partial charge on any atom is 0.352 e. The summed E-state index contributed by atoms with van der Waals surface area (Å²) < 4.78 is 0. The molecule has 0 heterocycles. The third kappa shape index (κ3) is 4.63. The van der Waals surface area contributed by atoms with Crippen LogP contribution in [0, 0.1) is 0 Å². The standard InChI is InChI=1S/C22H16ClNO3/c23-19-12-5-4-11-18(19)17-10-6-7-15(13-17)14-20(22(26)27)24-21(25)16-8-2-1-3-9-16/h1-14H,(H,24,25)(H,26,27)/b20-14-. The number of aliphatic carboxylic acids is 1. The number of amides is 1. The van der Waals surface area contributed by atoms with Crippen LogP contribution in [0.2, 0.25) is 5.02 Å². The van der Waals surface area contributed by atoms with E-state index < -0.39 is 11.9 Å². The Bertz CT molecular complexity index is 1010. The first-order chi connectivity index (χ1) is 13.0. The Balaban J connectivity index is 1.91.